The zero-order chi connectivity index (χ0) is 45.0. The van der Waals surface area contributed by atoms with Crippen LogP contribution in [0.3, 0.4) is 0 Å². The van der Waals surface area contributed by atoms with E-state index in [9.17, 15) is 39.3 Å². The molecular weight excluding hydrogens is 794 g/mol. The SMILES string of the molecule is CC(=O)O[C@@H]1C(=O)[C@]2(C)[C@H](O)C[C@@H]3OC[C@]3(OC(C)=O)[C@@H]2[C@H](OC(=O)c2ccccc2)[C@@]2(O)C[C@H](OC(=O)[C@@H](O)[C@H](NC(=O)OC(C)(C)C)c3ccccc3)C(C)=C1C2(C)C. The Kier molecular flexibility index (Phi) is 12.1. The van der Waals surface area contributed by atoms with E-state index in [4.69, 9.17) is 28.4 Å². The van der Waals surface area contributed by atoms with Crippen molar-refractivity contribution in [1.82, 2.24) is 5.32 Å². The average Bonchev–Trinajstić information content (AvgIpc) is 3.17. The largest absolute Gasteiger partial charge is 0.456 e. The second-order valence-corrected chi connectivity index (χ2v) is 18.2. The van der Waals surface area contributed by atoms with Gasteiger partial charge in [0.2, 0.25) is 0 Å². The number of aliphatic hydroxyl groups excluding tert-OH is 2. The van der Waals surface area contributed by atoms with Gasteiger partial charge in [-0.05, 0) is 63.5 Å². The van der Waals surface area contributed by atoms with Crippen LogP contribution in [0.25, 0.3) is 0 Å². The van der Waals surface area contributed by atoms with E-state index >= 15 is 4.79 Å². The molecule has 6 rings (SSSR count). The summed E-state index contributed by atoms with van der Waals surface area (Å²) in [7, 11) is 0. The van der Waals surface area contributed by atoms with Crippen LogP contribution in [0.15, 0.2) is 71.8 Å². The van der Waals surface area contributed by atoms with Gasteiger partial charge in [0.05, 0.1) is 35.6 Å². The number of alkyl carbamates (subject to hydrolysis) is 1. The Bertz CT molecular complexity index is 2100. The highest BCUT2D eigenvalue weighted by molar-refractivity contribution is 5.95. The number of esters is 4. The van der Waals surface area contributed by atoms with Crippen molar-refractivity contribution in [3.63, 3.8) is 0 Å². The number of hydrogen-bond donors (Lipinski definition) is 4. The van der Waals surface area contributed by atoms with Crippen LogP contribution in [0, 0.1) is 16.7 Å². The Morgan fingerprint density at radius 2 is 1.51 bits per heavy atom. The summed E-state index contributed by atoms with van der Waals surface area (Å²) in [4.78, 5) is 82.9. The molecule has 3 aliphatic carbocycles. The maximum Gasteiger partial charge on any atom is 0.408 e. The van der Waals surface area contributed by atoms with Gasteiger partial charge in [-0.3, -0.25) is 14.4 Å². The van der Waals surface area contributed by atoms with Gasteiger partial charge in [0.1, 0.15) is 29.5 Å². The highest BCUT2D eigenvalue weighted by Crippen LogP contribution is 2.64. The fraction of sp³-hybridized carbons (Fsp3) is 0.556. The van der Waals surface area contributed by atoms with E-state index in [1.165, 1.54) is 26.0 Å². The van der Waals surface area contributed by atoms with Gasteiger partial charge in [0.15, 0.2) is 23.6 Å². The molecule has 2 saturated carbocycles. The summed E-state index contributed by atoms with van der Waals surface area (Å²) in [5.74, 6) is -6.30. The van der Waals surface area contributed by atoms with Crippen molar-refractivity contribution in [3.05, 3.63) is 82.9 Å². The van der Waals surface area contributed by atoms with E-state index < -0.39 is 118 Å². The topological polar surface area (TPSA) is 231 Å². The van der Waals surface area contributed by atoms with Crippen LogP contribution < -0.4 is 5.32 Å². The van der Waals surface area contributed by atoms with E-state index in [1.807, 2.05) is 0 Å². The second-order valence-electron chi connectivity index (χ2n) is 18.2. The van der Waals surface area contributed by atoms with Crippen LogP contribution >= 0.6 is 0 Å². The summed E-state index contributed by atoms with van der Waals surface area (Å²) in [5.41, 5.74) is -8.30. The zero-order valence-corrected chi connectivity index (χ0v) is 35.8. The predicted octanol–water partition coefficient (Wildman–Crippen LogP) is 3.83. The van der Waals surface area contributed by atoms with Gasteiger partial charge >= 0.3 is 30.0 Å². The third-order valence-corrected chi connectivity index (χ3v) is 12.8. The Morgan fingerprint density at radius 1 is 0.902 bits per heavy atom. The minimum Gasteiger partial charge on any atom is -0.456 e. The zero-order valence-electron chi connectivity index (χ0n) is 35.8. The minimum absolute atomic E-state index is 0.0126. The third-order valence-electron chi connectivity index (χ3n) is 12.8. The smallest absolute Gasteiger partial charge is 0.408 e. The standard InChI is InChI=1S/C45H55NO15/c1-23-28(58-39(53)33(50)32(26-16-12-10-13-17-26)46-40(54)61-41(4,5)6)21-45(55)37(59-38(52)27-18-14-11-15-19-27)35-43(9,29(49)20-30-44(35,22-56-30)60-25(3)48)36(51)34(57-24(2)47)31(23)42(45,7)8/h10-19,28-30,32-35,37,49-50,55H,20-22H2,1-9H3,(H,46,54)/t28-,29+,30-,32+,33-,34-,35+,37-,43+,44+,45-/m0/s1. The normalized spacial score (nSPS) is 32.5. The third kappa shape index (κ3) is 7.94. The molecule has 0 spiro atoms. The van der Waals surface area contributed by atoms with E-state index in [-0.39, 0.29) is 29.7 Å². The van der Waals surface area contributed by atoms with Crippen LogP contribution in [0.2, 0.25) is 0 Å². The minimum atomic E-state index is -2.40. The Balaban J connectivity index is 1.54. The van der Waals surface area contributed by atoms with E-state index in [2.05, 4.69) is 5.32 Å². The van der Waals surface area contributed by atoms with Gasteiger partial charge in [0, 0.05) is 32.1 Å². The summed E-state index contributed by atoms with van der Waals surface area (Å²) < 4.78 is 35.6. The number of Topliss-reactive ketones (excluding diaryl/α,β-unsaturated/α-hetero) is 1. The van der Waals surface area contributed by atoms with Crippen LogP contribution in [0.1, 0.15) is 97.1 Å². The molecule has 2 aromatic rings. The molecule has 1 heterocycles. The molecule has 2 bridgehead atoms. The molecule has 0 radical (unpaired) electrons. The first-order valence-electron chi connectivity index (χ1n) is 20.2. The van der Waals surface area contributed by atoms with E-state index in [1.54, 1.807) is 83.1 Å². The molecule has 3 fully saturated rings. The number of benzene rings is 2. The fourth-order valence-corrected chi connectivity index (χ4v) is 9.80. The number of ketones is 1. The number of carbonyl (C=O) groups excluding carboxylic acids is 6. The lowest BCUT2D eigenvalue weighted by molar-refractivity contribution is -0.346. The maximum atomic E-state index is 15.5. The summed E-state index contributed by atoms with van der Waals surface area (Å²) in [6, 6.07) is 14.5. The summed E-state index contributed by atoms with van der Waals surface area (Å²) in [6.07, 6.45) is -11.5. The molecule has 0 unspecified atom stereocenters. The van der Waals surface area contributed by atoms with Gasteiger partial charge in [-0.1, -0.05) is 62.4 Å². The van der Waals surface area contributed by atoms with Crippen molar-refractivity contribution in [2.45, 2.75) is 135 Å². The van der Waals surface area contributed by atoms with Crippen LogP contribution in [-0.4, -0.2) is 111 Å². The highest BCUT2D eigenvalue weighted by atomic mass is 16.6. The first-order valence-corrected chi connectivity index (χ1v) is 20.2. The molecule has 2 aromatic carbocycles. The van der Waals surface area contributed by atoms with Gasteiger partial charge in [-0.15, -0.1) is 0 Å². The number of amides is 1. The molecule has 16 nitrogen and oxygen atoms in total. The second kappa shape index (κ2) is 16.3. The lowest BCUT2D eigenvalue weighted by Gasteiger charge is -2.67. The Hall–Kier alpha value is -5.16. The molecule has 0 aromatic heterocycles. The molecule has 330 valence electrons. The average molecular weight is 850 g/mol. The number of fused-ring (bicyclic) bond motifs is 5. The molecule has 61 heavy (non-hydrogen) atoms. The van der Waals surface area contributed by atoms with Crippen molar-refractivity contribution < 1.29 is 72.5 Å². The molecule has 1 saturated heterocycles. The van der Waals surface area contributed by atoms with Crippen molar-refractivity contribution in [1.29, 1.82) is 0 Å². The van der Waals surface area contributed by atoms with Crippen molar-refractivity contribution in [3.8, 4) is 0 Å². The molecule has 1 amide bonds. The quantitative estimate of drug-likeness (QED) is 0.160. The molecule has 11 atom stereocenters. The van der Waals surface area contributed by atoms with Crippen LogP contribution in [0.5, 0.6) is 0 Å². The summed E-state index contributed by atoms with van der Waals surface area (Å²) in [6.45, 7) is 12.9. The van der Waals surface area contributed by atoms with Crippen LogP contribution in [0.4, 0.5) is 4.79 Å². The Morgan fingerprint density at radius 3 is 2.05 bits per heavy atom. The van der Waals surface area contributed by atoms with Gasteiger partial charge in [-0.2, -0.15) is 0 Å². The van der Waals surface area contributed by atoms with Gasteiger partial charge in [0.25, 0.3) is 0 Å². The first-order chi connectivity index (χ1) is 28.4. The molecule has 16 heteroatoms. The molecular formula is C45H55NO15. The summed E-state index contributed by atoms with van der Waals surface area (Å²) >= 11 is 0. The lowest BCUT2D eigenvalue weighted by atomic mass is 9.44. The number of rotatable bonds is 9. The van der Waals surface area contributed by atoms with Gasteiger partial charge in [-0.25, -0.2) is 14.4 Å². The number of carbonyl (C=O) groups is 6. The highest BCUT2D eigenvalue weighted by Gasteiger charge is 2.78. The van der Waals surface area contributed by atoms with E-state index in [0.29, 0.717) is 5.56 Å². The predicted molar refractivity (Wildman–Crippen MR) is 213 cm³/mol. The van der Waals surface area contributed by atoms with Gasteiger partial charge < -0.3 is 49.1 Å². The lowest BCUT2D eigenvalue weighted by Crippen LogP contribution is -2.82. The molecule has 4 aliphatic rings. The number of aliphatic hydroxyl groups is 3. The Labute approximate surface area is 353 Å². The van der Waals surface area contributed by atoms with Crippen molar-refractivity contribution in [2.24, 2.45) is 16.7 Å². The maximum absolute atomic E-state index is 15.5. The molecule has 4 N–H and O–H groups in total. The molecule has 1 aliphatic heterocycles. The van der Waals surface area contributed by atoms with Crippen LogP contribution in [-0.2, 0) is 47.6 Å². The monoisotopic (exact) mass is 849 g/mol. The summed E-state index contributed by atoms with van der Waals surface area (Å²) in [5, 5.41) is 39.9. The fourth-order valence-electron chi connectivity index (χ4n) is 9.80. The number of hydrogen-bond acceptors (Lipinski definition) is 15. The van der Waals surface area contributed by atoms with Crippen molar-refractivity contribution >= 4 is 35.8 Å². The number of nitrogens with one attached hydrogen (secondary N) is 1. The number of ether oxygens (including phenoxy) is 6. The van der Waals surface area contributed by atoms with E-state index in [0.717, 1.165) is 13.8 Å². The van der Waals surface area contributed by atoms with Crippen molar-refractivity contribution in [2.75, 3.05) is 6.61 Å². The first kappa shape index (κ1) is 45.4.